The number of amides is 2. The molecule has 3 N–H and O–H groups in total. The van der Waals surface area contributed by atoms with Crippen molar-refractivity contribution in [1.29, 1.82) is 0 Å². The molecule has 1 fully saturated rings. The third-order valence-corrected chi connectivity index (χ3v) is 6.53. The van der Waals surface area contributed by atoms with Crippen LogP contribution in [0.25, 0.3) is 0 Å². The topological polar surface area (TPSA) is 112 Å². The van der Waals surface area contributed by atoms with E-state index in [2.05, 4.69) is 34.3 Å². The van der Waals surface area contributed by atoms with E-state index in [0.717, 1.165) is 34.5 Å². The fraction of sp³-hybridized carbons (Fsp3) is 0.267. The van der Waals surface area contributed by atoms with Gasteiger partial charge in [-0.2, -0.15) is 5.10 Å². The van der Waals surface area contributed by atoms with Crippen molar-refractivity contribution in [2.45, 2.75) is 27.2 Å². The summed E-state index contributed by atoms with van der Waals surface area (Å²) in [4.78, 5) is 31.6. The lowest BCUT2D eigenvalue weighted by Gasteiger charge is -2.26. The molecule has 2 amide bonds. The van der Waals surface area contributed by atoms with Gasteiger partial charge in [0.15, 0.2) is 0 Å². The minimum atomic E-state index is -0.287. The standard InChI is InChI=1S/C30H34N6O3/c1-5-20(3)29(33-24-12-10-22(11-13-24)30(38)36-14-16-39-17-15-36)34-28(26-19-31-35-21(26)4)23-8-7-9-25(18-23)32-27(37)6-2/h6-13,18-19,33H,2,5,14-17H2,1,3-4H3,(H,31,35)(H,32,37)/b29-20+,34-28-. The smallest absolute Gasteiger partial charge is 0.254 e. The number of allylic oxidation sites excluding steroid dienone is 1. The maximum atomic E-state index is 12.8. The molecule has 9 nitrogen and oxygen atoms in total. The number of carbonyl (C=O) groups is 2. The third kappa shape index (κ3) is 6.88. The zero-order valence-corrected chi connectivity index (χ0v) is 22.6. The van der Waals surface area contributed by atoms with Crippen LogP contribution in [0.4, 0.5) is 11.4 Å². The van der Waals surface area contributed by atoms with Crippen molar-refractivity contribution in [2.24, 2.45) is 4.99 Å². The number of nitrogens with one attached hydrogen (secondary N) is 3. The molecule has 1 aliphatic rings. The number of H-pyrrole nitrogens is 1. The first kappa shape index (κ1) is 27.5. The number of nitrogens with zero attached hydrogens (tertiary/aromatic N) is 3. The Bertz CT molecular complexity index is 1400. The number of hydrogen-bond donors (Lipinski definition) is 3. The lowest BCUT2D eigenvalue weighted by molar-refractivity contribution is -0.111. The second kappa shape index (κ2) is 12.8. The third-order valence-electron chi connectivity index (χ3n) is 6.53. The van der Waals surface area contributed by atoms with Crippen LogP contribution < -0.4 is 10.6 Å². The van der Waals surface area contributed by atoms with Crippen LogP contribution in [0.1, 0.15) is 47.4 Å². The van der Waals surface area contributed by atoms with E-state index in [9.17, 15) is 9.59 Å². The highest BCUT2D eigenvalue weighted by Gasteiger charge is 2.19. The average molecular weight is 527 g/mol. The van der Waals surface area contributed by atoms with Crippen molar-refractivity contribution in [3.63, 3.8) is 0 Å². The molecule has 3 aromatic rings. The molecule has 0 saturated carbocycles. The van der Waals surface area contributed by atoms with Crippen LogP contribution in [0.5, 0.6) is 0 Å². The van der Waals surface area contributed by atoms with E-state index in [4.69, 9.17) is 9.73 Å². The van der Waals surface area contributed by atoms with Crippen LogP contribution in [0.3, 0.4) is 0 Å². The van der Waals surface area contributed by atoms with Gasteiger partial charge in [0.25, 0.3) is 5.91 Å². The van der Waals surface area contributed by atoms with Crippen molar-refractivity contribution in [3.8, 4) is 0 Å². The Hall–Kier alpha value is -4.50. The summed E-state index contributed by atoms with van der Waals surface area (Å²) in [5.41, 5.74) is 6.37. The van der Waals surface area contributed by atoms with Gasteiger partial charge in [-0.05, 0) is 68.3 Å². The number of aromatic nitrogens is 2. The fourth-order valence-corrected chi connectivity index (χ4v) is 4.10. The van der Waals surface area contributed by atoms with E-state index < -0.39 is 0 Å². The van der Waals surface area contributed by atoms with Crippen LogP contribution in [-0.2, 0) is 9.53 Å². The molecule has 4 rings (SSSR count). The van der Waals surface area contributed by atoms with Gasteiger partial charge in [-0.1, -0.05) is 25.6 Å². The Morgan fingerprint density at radius 1 is 1.10 bits per heavy atom. The summed E-state index contributed by atoms with van der Waals surface area (Å²) in [5, 5.41) is 13.5. The van der Waals surface area contributed by atoms with Crippen LogP contribution in [-0.4, -0.2) is 58.9 Å². The maximum absolute atomic E-state index is 12.8. The van der Waals surface area contributed by atoms with Gasteiger partial charge in [0, 0.05) is 46.8 Å². The molecule has 1 aromatic heterocycles. The Kier molecular flexibility index (Phi) is 9.06. The molecule has 0 atom stereocenters. The molecule has 2 heterocycles. The molecular weight excluding hydrogens is 492 g/mol. The summed E-state index contributed by atoms with van der Waals surface area (Å²) < 4.78 is 5.36. The Morgan fingerprint density at radius 3 is 2.49 bits per heavy atom. The first-order valence-electron chi connectivity index (χ1n) is 13.0. The molecule has 0 unspecified atom stereocenters. The molecule has 9 heteroatoms. The molecule has 202 valence electrons. The number of aryl methyl sites for hydroxylation is 1. The Morgan fingerprint density at radius 2 is 1.85 bits per heavy atom. The quantitative estimate of drug-likeness (QED) is 0.271. The van der Waals surface area contributed by atoms with Gasteiger partial charge in [-0.3, -0.25) is 14.7 Å². The van der Waals surface area contributed by atoms with Gasteiger partial charge < -0.3 is 20.3 Å². The minimum absolute atomic E-state index is 0.00419. The Labute approximate surface area is 228 Å². The number of rotatable bonds is 9. The molecule has 39 heavy (non-hydrogen) atoms. The minimum Gasteiger partial charge on any atom is -0.378 e. The molecule has 0 bridgehead atoms. The number of carbonyl (C=O) groups excluding carboxylic acids is 2. The number of anilines is 2. The first-order valence-corrected chi connectivity index (χ1v) is 13.0. The zero-order valence-electron chi connectivity index (χ0n) is 22.6. The van der Waals surface area contributed by atoms with Crippen LogP contribution in [0.2, 0.25) is 0 Å². The van der Waals surface area contributed by atoms with Gasteiger partial charge >= 0.3 is 0 Å². The molecule has 2 aromatic carbocycles. The molecule has 0 aliphatic carbocycles. The predicted octanol–water partition coefficient (Wildman–Crippen LogP) is 4.91. The van der Waals surface area contributed by atoms with E-state index in [-0.39, 0.29) is 11.8 Å². The van der Waals surface area contributed by atoms with E-state index >= 15 is 0 Å². The highest BCUT2D eigenvalue weighted by Crippen LogP contribution is 2.23. The summed E-state index contributed by atoms with van der Waals surface area (Å²) >= 11 is 0. The van der Waals surface area contributed by atoms with Gasteiger partial charge in [-0.25, -0.2) is 4.99 Å². The number of morpholine rings is 1. The largest absolute Gasteiger partial charge is 0.378 e. The molecule has 1 saturated heterocycles. The molecule has 0 radical (unpaired) electrons. The van der Waals surface area contributed by atoms with Crippen LogP contribution in [0, 0.1) is 6.92 Å². The van der Waals surface area contributed by atoms with Crippen molar-refractivity contribution >= 4 is 28.9 Å². The number of aromatic amines is 1. The van der Waals surface area contributed by atoms with E-state index in [1.165, 1.54) is 6.08 Å². The van der Waals surface area contributed by atoms with Crippen molar-refractivity contribution in [2.75, 3.05) is 36.9 Å². The lowest BCUT2D eigenvalue weighted by atomic mass is 10.0. The predicted molar refractivity (Wildman–Crippen MR) is 154 cm³/mol. The summed E-state index contributed by atoms with van der Waals surface area (Å²) in [6.07, 6.45) is 3.76. The Balaban J connectivity index is 1.67. The number of ether oxygens (including phenoxy) is 1. The lowest BCUT2D eigenvalue weighted by Crippen LogP contribution is -2.40. The summed E-state index contributed by atoms with van der Waals surface area (Å²) in [6.45, 7) is 11.9. The monoisotopic (exact) mass is 526 g/mol. The fourth-order valence-electron chi connectivity index (χ4n) is 4.10. The highest BCUT2D eigenvalue weighted by molar-refractivity contribution is 6.14. The van der Waals surface area contributed by atoms with Crippen molar-refractivity contribution in [3.05, 3.63) is 101 Å². The summed E-state index contributed by atoms with van der Waals surface area (Å²) in [7, 11) is 0. The van der Waals surface area contributed by atoms with Gasteiger partial charge in [0.05, 0.1) is 25.1 Å². The van der Waals surface area contributed by atoms with Crippen LogP contribution in [0.15, 0.2) is 83.8 Å². The molecule has 0 spiro atoms. The maximum Gasteiger partial charge on any atom is 0.254 e. The van der Waals surface area contributed by atoms with Crippen LogP contribution >= 0.6 is 0 Å². The SMILES string of the molecule is C=CC(=O)Nc1cccc(/C(=N/C(Nc2ccc(C(=O)N3CCOCC3)cc2)=C(\C)CC)c2cn[nH]c2C)c1. The van der Waals surface area contributed by atoms with Gasteiger partial charge in [0.2, 0.25) is 5.91 Å². The molecular formula is C30H34N6O3. The second-order valence-electron chi connectivity index (χ2n) is 9.23. The second-order valence-corrected chi connectivity index (χ2v) is 9.23. The van der Waals surface area contributed by atoms with Gasteiger partial charge in [0.1, 0.15) is 5.82 Å². The summed E-state index contributed by atoms with van der Waals surface area (Å²) in [5.74, 6) is 0.412. The van der Waals surface area contributed by atoms with Gasteiger partial charge in [-0.15, -0.1) is 0 Å². The zero-order chi connectivity index (χ0) is 27.8. The highest BCUT2D eigenvalue weighted by atomic mass is 16.5. The van der Waals surface area contributed by atoms with Crippen molar-refractivity contribution in [1.82, 2.24) is 15.1 Å². The first-order chi connectivity index (χ1) is 18.9. The average Bonchev–Trinajstić information content (AvgIpc) is 3.40. The summed E-state index contributed by atoms with van der Waals surface area (Å²) in [6, 6.07) is 14.9. The molecule has 1 aliphatic heterocycles. The van der Waals surface area contributed by atoms with E-state index in [1.54, 1.807) is 6.20 Å². The van der Waals surface area contributed by atoms with E-state index in [0.29, 0.717) is 49.1 Å². The van der Waals surface area contributed by atoms with Crippen molar-refractivity contribution < 1.29 is 14.3 Å². The number of hydrogen-bond acceptors (Lipinski definition) is 6. The number of benzene rings is 2. The number of aliphatic imine (C=N–C) groups is 1. The normalized spacial score (nSPS) is 14.4. The van der Waals surface area contributed by atoms with E-state index in [1.807, 2.05) is 67.3 Å².